The van der Waals surface area contributed by atoms with Crippen LogP contribution < -0.4 is 16.4 Å². The van der Waals surface area contributed by atoms with E-state index in [0.29, 0.717) is 0 Å². The van der Waals surface area contributed by atoms with Gasteiger partial charge in [-0.05, 0) is 50.5 Å². The van der Waals surface area contributed by atoms with E-state index in [1.807, 2.05) is 13.8 Å². The number of primary amides is 1. The number of benzene rings is 1. The Labute approximate surface area is 222 Å². The summed E-state index contributed by atoms with van der Waals surface area (Å²) < 4.78 is 55.0. The van der Waals surface area contributed by atoms with E-state index in [4.69, 9.17) is 5.73 Å². The van der Waals surface area contributed by atoms with Crippen LogP contribution in [0.3, 0.4) is 0 Å². The Balaban J connectivity index is 2.19. The molecule has 0 saturated carbocycles. The molecule has 2 rings (SSSR count). The zero-order chi connectivity index (χ0) is 29.7. The van der Waals surface area contributed by atoms with Gasteiger partial charge in [-0.3, -0.25) is 23.9 Å². The average Bonchev–Trinajstić information content (AvgIpc) is 3.31. The van der Waals surface area contributed by atoms with Gasteiger partial charge in [-0.2, -0.15) is 18.3 Å². The largest absolute Gasteiger partial charge is 0.406 e. The number of nitrogens with zero attached hydrogens (tertiary/aromatic N) is 3. The van der Waals surface area contributed by atoms with Gasteiger partial charge in [-0.25, -0.2) is 4.39 Å². The lowest BCUT2D eigenvalue weighted by Gasteiger charge is -2.26. The number of carbonyl (C=O) groups is 4. The molecule has 0 aliphatic carbocycles. The van der Waals surface area contributed by atoms with Crippen molar-refractivity contribution >= 4 is 29.3 Å². The molecule has 1 aromatic heterocycles. The molecule has 0 radical (unpaired) electrons. The number of rotatable bonds is 11. The summed E-state index contributed by atoms with van der Waals surface area (Å²) in [7, 11) is 0. The first-order chi connectivity index (χ1) is 18.0. The van der Waals surface area contributed by atoms with Crippen molar-refractivity contribution in [2.75, 3.05) is 18.4 Å². The summed E-state index contributed by atoms with van der Waals surface area (Å²) in [6, 6.07) is 3.68. The molecule has 2 unspecified atom stereocenters. The number of halogens is 4. The maximum Gasteiger partial charge on any atom is 0.406 e. The molecule has 1 heterocycles. The fourth-order valence-electron chi connectivity index (χ4n) is 3.80. The predicted molar refractivity (Wildman–Crippen MR) is 134 cm³/mol. The maximum atomic E-state index is 14.9. The van der Waals surface area contributed by atoms with Gasteiger partial charge >= 0.3 is 6.18 Å². The van der Waals surface area contributed by atoms with E-state index in [0.717, 1.165) is 12.1 Å². The van der Waals surface area contributed by atoms with Crippen LogP contribution in [0.2, 0.25) is 0 Å². The van der Waals surface area contributed by atoms with Crippen molar-refractivity contribution < 1.29 is 36.7 Å². The maximum absolute atomic E-state index is 14.9. The highest BCUT2D eigenvalue weighted by molar-refractivity contribution is 6.00. The molecule has 2 aromatic rings. The van der Waals surface area contributed by atoms with Gasteiger partial charge in [0.05, 0.1) is 18.2 Å². The Morgan fingerprint density at radius 2 is 1.72 bits per heavy atom. The first kappa shape index (κ1) is 31.2. The molecule has 0 aliphatic rings. The standard InChI is InChI=1S/C25H32F4N6O4/c1-13(2)21(33-22(37)19-8-9-31-35(19)14(3)4)23(38)32-18-7-6-16(10-17(18)26)15(5)24(39)34(11-20(30)36)12-25(27,28)29/h6-10,13-15,21H,11-12H2,1-5H3,(H2,30,36)(H,32,38)(H,33,37). The van der Waals surface area contributed by atoms with Gasteiger partial charge in [0.25, 0.3) is 5.91 Å². The summed E-state index contributed by atoms with van der Waals surface area (Å²) in [6.45, 7) is 5.65. The van der Waals surface area contributed by atoms with Crippen molar-refractivity contribution in [3.8, 4) is 0 Å². The Hall–Kier alpha value is -3.97. The minimum absolute atomic E-state index is 0.0165. The lowest BCUT2D eigenvalue weighted by Crippen LogP contribution is -2.47. The summed E-state index contributed by atoms with van der Waals surface area (Å²) in [6.07, 6.45) is -3.32. The molecular formula is C25H32F4N6O4. The molecule has 10 nitrogen and oxygen atoms in total. The highest BCUT2D eigenvalue weighted by Crippen LogP contribution is 2.25. The molecule has 1 aromatic carbocycles. The van der Waals surface area contributed by atoms with E-state index in [2.05, 4.69) is 15.7 Å². The quantitative estimate of drug-likeness (QED) is 0.365. The Bertz CT molecular complexity index is 1210. The van der Waals surface area contributed by atoms with E-state index >= 15 is 0 Å². The topological polar surface area (TPSA) is 139 Å². The van der Waals surface area contributed by atoms with Gasteiger partial charge in [0.1, 0.15) is 24.1 Å². The number of amides is 4. The summed E-state index contributed by atoms with van der Waals surface area (Å²) >= 11 is 0. The molecular weight excluding hydrogens is 524 g/mol. The minimum atomic E-state index is -4.78. The van der Waals surface area contributed by atoms with Crippen LogP contribution in [0.25, 0.3) is 0 Å². The summed E-state index contributed by atoms with van der Waals surface area (Å²) in [5.41, 5.74) is 4.97. The van der Waals surface area contributed by atoms with Crippen molar-refractivity contribution in [3.05, 3.63) is 47.5 Å². The molecule has 214 valence electrons. The molecule has 0 aliphatic heterocycles. The van der Waals surface area contributed by atoms with Gasteiger partial charge in [-0.15, -0.1) is 0 Å². The molecule has 0 saturated heterocycles. The van der Waals surface area contributed by atoms with Crippen molar-refractivity contribution in [2.45, 2.75) is 58.8 Å². The van der Waals surface area contributed by atoms with E-state index < -0.39 is 60.7 Å². The van der Waals surface area contributed by atoms with E-state index in [-0.39, 0.29) is 33.8 Å². The third-order valence-electron chi connectivity index (χ3n) is 5.78. The van der Waals surface area contributed by atoms with E-state index in [9.17, 15) is 36.7 Å². The third kappa shape index (κ3) is 8.52. The molecule has 4 amide bonds. The molecule has 2 atom stereocenters. The Morgan fingerprint density at radius 1 is 1.08 bits per heavy atom. The number of nitrogens with one attached hydrogen (secondary N) is 2. The van der Waals surface area contributed by atoms with Crippen LogP contribution in [-0.2, 0) is 14.4 Å². The third-order valence-corrected chi connectivity index (χ3v) is 5.78. The molecule has 14 heteroatoms. The highest BCUT2D eigenvalue weighted by Gasteiger charge is 2.35. The number of anilines is 1. The first-order valence-electron chi connectivity index (χ1n) is 12.1. The van der Waals surface area contributed by atoms with Gasteiger partial charge in [-0.1, -0.05) is 19.9 Å². The fraction of sp³-hybridized carbons (Fsp3) is 0.480. The number of aromatic nitrogens is 2. The van der Waals surface area contributed by atoms with Crippen LogP contribution in [-0.4, -0.2) is 63.6 Å². The van der Waals surface area contributed by atoms with Crippen LogP contribution in [0.5, 0.6) is 0 Å². The first-order valence-corrected chi connectivity index (χ1v) is 12.1. The van der Waals surface area contributed by atoms with Gasteiger partial charge in [0.15, 0.2) is 0 Å². The number of carbonyl (C=O) groups excluding carboxylic acids is 4. The normalized spacial score (nSPS) is 13.2. The molecule has 4 N–H and O–H groups in total. The van der Waals surface area contributed by atoms with Crippen LogP contribution >= 0.6 is 0 Å². The van der Waals surface area contributed by atoms with Crippen molar-refractivity contribution in [3.63, 3.8) is 0 Å². The minimum Gasteiger partial charge on any atom is -0.368 e. The molecule has 0 bridgehead atoms. The summed E-state index contributed by atoms with van der Waals surface area (Å²) in [5, 5.41) is 9.12. The average molecular weight is 557 g/mol. The SMILES string of the molecule is CC(C(=O)N(CC(N)=O)CC(F)(F)F)c1ccc(NC(=O)C(NC(=O)c2ccnn2C(C)C)C(C)C)c(F)c1. The molecule has 39 heavy (non-hydrogen) atoms. The second-order valence-electron chi connectivity index (χ2n) is 9.68. The lowest BCUT2D eigenvalue weighted by molar-refractivity contribution is -0.163. The monoisotopic (exact) mass is 556 g/mol. The van der Waals surface area contributed by atoms with E-state index in [1.165, 1.54) is 29.9 Å². The van der Waals surface area contributed by atoms with Crippen molar-refractivity contribution in [2.24, 2.45) is 11.7 Å². The van der Waals surface area contributed by atoms with Crippen molar-refractivity contribution in [1.29, 1.82) is 0 Å². The fourth-order valence-corrected chi connectivity index (χ4v) is 3.80. The predicted octanol–water partition coefficient (Wildman–Crippen LogP) is 2.98. The van der Waals surface area contributed by atoms with Crippen LogP contribution in [0.4, 0.5) is 23.2 Å². The zero-order valence-electron chi connectivity index (χ0n) is 22.2. The molecule has 0 fully saturated rings. The number of alkyl halides is 3. The van der Waals surface area contributed by atoms with Crippen LogP contribution in [0, 0.1) is 11.7 Å². The van der Waals surface area contributed by atoms with Crippen LogP contribution in [0.1, 0.15) is 62.6 Å². The Kier molecular flexibility index (Phi) is 10.2. The number of nitrogens with two attached hydrogens (primary N) is 1. The van der Waals surface area contributed by atoms with Gasteiger partial charge in [0, 0.05) is 12.2 Å². The lowest BCUT2D eigenvalue weighted by atomic mass is 9.98. The smallest absolute Gasteiger partial charge is 0.368 e. The number of hydrogen-bond donors (Lipinski definition) is 3. The number of hydrogen-bond acceptors (Lipinski definition) is 5. The zero-order valence-corrected chi connectivity index (χ0v) is 22.2. The van der Waals surface area contributed by atoms with Gasteiger partial charge < -0.3 is 21.3 Å². The summed E-state index contributed by atoms with van der Waals surface area (Å²) in [4.78, 5) is 49.8. The highest BCUT2D eigenvalue weighted by atomic mass is 19.4. The second kappa shape index (κ2) is 12.7. The van der Waals surface area contributed by atoms with Crippen molar-refractivity contribution in [1.82, 2.24) is 20.0 Å². The van der Waals surface area contributed by atoms with E-state index in [1.54, 1.807) is 13.8 Å². The Morgan fingerprint density at radius 3 is 2.23 bits per heavy atom. The second-order valence-corrected chi connectivity index (χ2v) is 9.68. The van der Waals surface area contributed by atoms with Gasteiger partial charge in [0.2, 0.25) is 17.7 Å². The molecule has 0 spiro atoms. The summed E-state index contributed by atoms with van der Waals surface area (Å²) in [5.74, 6) is -6.05. The van der Waals surface area contributed by atoms with Crippen LogP contribution in [0.15, 0.2) is 30.5 Å².